The Hall–Kier alpha value is -13.9. The van der Waals surface area contributed by atoms with Crippen molar-refractivity contribution < 1.29 is 0 Å². The predicted molar refractivity (Wildman–Crippen MR) is 535 cm³/mol. The van der Waals surface area contributed by atoms with Gasteiger partial charge in [0.15, 0.2) is 0 Å². The molecule has 4 spiro atoms. The smallest absolute Gasteiger partial charge is 0.0719 e. The van der Waals surface area contributed by atoms with Crippen LogP contribution in [0.1, 0.15) is 204 Å². The number of nitrogens with zero attached hydrogens (tertiary/aromatic N) is 2. The largest absolute Gasteiger partial charge is 0.311 e. The molecule has 7 unspecified atom stereocenters. The van der Waals surface area contributed by atoms with Gasteiger partial charge in [-0.2, -0.15) is 0 Å². The summed E-state index contributed by atoms with van der Waals surface area (Å²) < 4.78 is 0. The van der Waals surface area contributed by atoms with Gasteiger partial charge >= 0.3 is 0 Å². The van der Waals surface area contributed by atoms with Crippen molar-refractivity contribution in [2.75, 3.05) is 9.80 Å². The first-order valence-corrected chi connectivity index (χ1v) is 47.5. The molecule has 0 bridgehead atoms. The Labute approximate surface area is 757 Å². The van der Waals surface area contributed by atoms with Gasteiger partial charge in [0.05, 0.1) is 21.7 Å². The number of hydrogen-bond acceptors (Lipinski definition) is 2. The van der Waals surface area contributed by atoms with Crippen LogP contribution >= 0.6 is 0 Å². The van der Waals surface area contributed by atoms with E-state index < -0.39 is 21.7 Å². The van der Waals surface area contributed by atoms with E-state index in [4.69, 9.17) is 6.58 Å². The minimum absolute atomic E-state index is 0.225. The molecule has 0 radical (unpaired) electrons. The number of hydrogen-bond donors (Lipinski definition) is 0. The lowest BCUT2D eigenvalue weighted by Crippen LogP contribution is -2.34. The first-order chi connectivity index (χ1) is 63.2. The van der Waals surface area contributed by atoms with Crippen LogP contribution in [0.3, 0.4) is 0 Å². The van der Waals surface area contributed by atoms with E-state index in [-0.39, 0.29) is 22.7 Å². The molecule has 15 aliphatic carbocycles. The van der Waals surface area contributed by atoms with Crippen LogP contribution < -0.4 is 9.80 Å². The third kappa shape index (κ3) is 9.27. The van der Waals surface area contributed by atoms with Gasteiger partial charge in [0.25, 0.3) is 0 Å². The van der Waals surface area contributed by atoms with E-state index in [1.165, 1.54) is 217 Å². The maximum atomic E-state index is 5.00. The van der Waals surface area contributed by atoms with Gasteiger partial charge in [-0.1, -0.05) is 333 Å². The van der Waals surface area contributed by atoms with Crippen LogP contribution in [-0.4, -0.2) is 0 Å². The molecular weight excluding hydrogens is 1550 g/mol. The Morgan fingerprint density at radius 1 is 0.341 bits per heavy atom. The standard InChI is InChI=1S/C127H98N2/c1-75-51-64-112-99(67-75)97-62-57-82(71-119(97)126(112)107-45-23-13-35-89(107)90-36-14-24-46-108(90)126)129(83-58-63-98-120(72-83)127(113-50-28-29-77(3)121(98)113)110-48-26-15-37-91(110)92-38-16-27-49-111(92)127)80-56-61-96-101-74-116-100(73-117(101)123(6,7)115(96)69-80)95-60-55-79(68-114(95)122(116,4)5)128(78-53-52-76(2)84-30-8-18-40-102(84)124(66-65-78)103-41-19-9-31-85(103)86-32-10-20-42-104(86)124)81-54-59-94-93-39-17-25-47-109(93)125(118(94)70-81)105-43-21-11-33-87(105)88-34-12-22-44-106(88)125/h8-15,17-21,23-28,30-37,39-43,45-65,68-75,77,89,107H,2,16,22,29,38,44,66-67H2,1,3-7H3/b53-52-,78-65+. The summed E-state index contributed by atoms with van der Waals surface area (Å²) in [4.78, 5) is 5.32. The van der Waals surface area contributed by atoms with Crippen molar-refractivity contribution in [2.24, 2.45) is 17.8 Å². The van der Waals surface area contributed by atoms with Crippen molar-refractivity contribution in [3.8, 4) is 44.5 Å². The lowest BCUT2D eigenvalue weighted by atomic mass is 9.64. The summed E-state index contributed by atoms with van der Waals surface area (Å²) in [7, 11) is 0. The van der Waals surface area contributed by atoms with Gasteiger partial charge < -0.3 is 9.80 Å². The molecule has 2 nitrogen and oxygen atoms in total. The van der Waals surface area contributed by atoms with Crippen molar-refractivity contribution in [1.29, 1.82) is 0 Å². The molecule has 2 heteroatoms. The number of rotatable bonds is 6. The van der Waals surface area contributed by atoms with E-state index in [2.05, 4.69) is 415 Å². The van der Waals surface area contributed by atoms with Crippen molar-refractivity contribution in [2.45, 2.75) is 125 Å². The predicted octanol–water partition coefficient (Wildman–Crippen LogP) is 31.5. The highest BCUT2D eigenvalue weighted by Gasteiger charge is 2.60. The summed E-state index contributed by atoms with van der Waals surface area (Å²) in [6, 6.07) is 109. The number of fused-ring (bicyclic) bond motifs is 39. The second kappa shape index (κ2) is 26.2. The molecule has 0 saturated heterocycles. The number of benzene rings is 13. The Kier molecular flexibility index (Phi) is 15.1. The Bertz CT molecular complexity index is 7760. The van der Waals surface area contributed by atoms with E-state index in [0.29, 0.717) is 11.8 Å². The van der Waals surface area contributed by atoms with Gasteiger partial charge in [-0.05, 0) is 342 Å². The summed E-state index contributed by atoms with van der Waals surface area (Å²) in [6.45, 7) is 19.9. The van der Waals surface area contributed by atoms with Crippen LogP contribution in [-0.2, 0) is 32.5 Å². The third-order valence-electron chi connectivity index (χ3n) is 34.0. The molecule has 28 rings (SSSR count). The quantitative estimate of drug-likeness (QED) is 0.164. The average molecular weight is 1650 g/mol. The van der Waals surface area contributed by atoms with Crippen molar-refractivity contribution in [3.63, 3.8) is 0 Å². The maximum absolute atomic E-state index is 5.00. The molecular formula is C127H98N2. The van der Waals surface area contributed by atoms with E-state index in [9.17, 15) is 0 Å². The molecule has 616 valence electrons. The highest BCUT2D eigenvalue weighted by atomic mass is 15.2. The Balaban J connectivity index is 0.613. The summed E-state index contributed by atoms with van der Waals surface area (Å²) in [5.74, 6) is 1.31. The molecule has 0 aliphatic heterocycles. The molecule has 0 amide bonds. The molecule has 0 fully saturated rings. The van der Waals surface area contributed by atoms with Crippen molar-refractivity contribution in [1.82, 2.24) is 0 Å². The van der Waals surface area contributed by atoms with Gasteiger partial charge in [0.1, 0.15) is 0 Å². The minimum Gasteiger partial charge on any atom is -0.311 e. The molecule has 13 aromatic rings. The summed E-state index contributed by atoms with van der Waals surface area (Å²) >= 11 is 0. The first-order valence-electron chi connectivity index (χ1n) is 47.5. The fourth-order valence-corrected chi connectivity index (χ4v) is 28.7. The van der Waals surface area contributed by atoms with E-state index in [1.807, 2.05) is 0 Å². The molecule has 7 atom stereocenters. The van der Waals surface area contributed by atoms with Gasteiger partial charge in [-0.15, -0.1) is 0 Å². The molecule has 0 heterocycles. The fourth-order valence-electron chi connectivity index (χ4n) is 28.7. The summed E-state index contributed by atoms with van der Waals surface area (Å²) in [6.07, 6.45) is 43.7. The Morgan fingerprint density at radius 3 is 1.48 bits per heavy atom. The summed E-state index contributed by atoms with van der Waals surface area (Å²) in [5.41, 5.74) is 55.1. The molecule has 129 heavy (non-hydrogen) atoms. The van der Waals surface area contributed by atoms with Gasteiger partial charge in [0, 0.05) is 56.8 Å². The topological polar surface area (TPSA) is 6.48 Å². The Morgan fingerprint density at radius 2 is 0.814 bits per heavy atom. The first kappa shape index (κ1) is 74.2. The van der Waals surface area contributed by atoms with Gasteiger partial charge in [-0.25, -0.2) is 0 Å². The van der Waals surface area contributed by atoms with Crippen LogP contribution in [0.5, 0.6) is 0 Å². The number of anilines is 5. The minimum atomic E-state index is -0.517. The number of allylic oxidation sites excluding steroid dienone is 24. The maximum Gasteiger partial charge on any atom is 0.0719 e. The lowest BCUT2D eigenvalue weighted by Gasteiger charge is -2.38. The third-order valence-corrected chi connectivity index (χ3v) is 34.0. The summed E-state index contributed by atoms with van der Waals surface area (Å²) in [5, 5.41) is 0. The molecule has 15 aliphatic rings. The van der Waals surface area contributed by atoms with Gasteiger partial charge in [-0.3, -0.25) is 0 Å². The second-order valence-electron chi connectivity index (χ2n) is 40.6. The normalized spacial score (nSPS) is 24.5. The molecule has 0 N–H and O–H groups in total. The van der Waals surface area contributed by atoms with Crippen LogP contribution in [0, 0.1) is 17.8 Å². The molecule has 13 aromatic carbocycles. The zero-order valence-corrected chi connectivity index (χ0v) is 74.0. The monoisotopic (exact) mass is 1650 g/mol. The zero-order chi connectivity index (χ0) is 85.7. The average Bonchev–Trinajstić information content (AvgIpc) is 1.51. The highest BCUT2D eigenvalue weighted by Crippen LogP contribution is 2.71. The van der Waals surface area contributed by atoms with E-state index in [1.54, 1.807) is 0 Å². The molecule has 0 saturated carbocycles. The van der Waals surface area contributed by atoms with Gasteiger partial charge in [0.2, 0.25) is 0 Å². The molecule has 0 aromatic heterocycles. The highest BCUT2D eigenvalue weighted by molar-refractivity contribution is 6.03. The second-order valence-corrected chi connectivity index (χ2v) is 40.6. The van der Waals surface area contributed by atoms with Crippen molar-refractivity contribution >= 4 is 56.3 Å². The lowest BCUT2D eigenvalue weighted by molar-refractivity contribution is 0.461. The van der Waals surface area contributed by atoms with E-state index >= 15 is 0 Å². The fraction of sp³-hybridized carbons (Fsp3) is 0.181. The van der Waals surface area contributed by atoms with Crippen LogP contribution in [0.2, 0.25) is 0 Å². The van der Waals surface area contributed by atoms with E-state index in [0.717, 1.165) is 67.6 Å². The van der Waals surface area contributed by atoms with Crippen molar-refractivity contribution in [3.05, 3.63) is 510 Å². The van der Waals surface area contributed by atoms with Crippen LogP contribution in [0.15, 0.2) is 399 Å². The zero-order valence-electron chi connectivity index (χ0n) is 74.0. The van der Waals surface area contributed by atoms with Crippen LogP contribution in [0.25, 0.3) is 72.4 Å². The van der Waals surface area contributed by atoms with Crippen LogP contribution in [0.4, 0.5) is 28.4 Å². The SMILES string of the molecule is C=C1/C=C\C(N(c2ccc3c(c2)C(C)(C)c2cc4c(cc2-3)C(C)(C)c2cc(N(c3ccc5c(c3)C3(C6=C(CCC=C6)c6ccccc63)C3=C5C(C)CC=C3)c3ccc5c(c3)C3(C6=C5CC(C)C=C6)c5ccccc5C5C=CC=CC53)ccc2-4)c2ccc3c(c2)C2(C4=C(C=CCC4)c4ccccc42)c2ccccc2-3)=C/CC2(c3ccccc31)c1ccccc1-c1ccccc12.